The van der Waals surface area contributed by atoms with Crippen molar-refractivity contribution in [2.75, 3.05) is 12.9 Å². The number of carboxylic acids is 1. The van der Waals surface area contributed by atoms with E-state index in [-0.39, 0.29) is 11.8 Å². The van der Waals surface area contributed by atoms with Gasteiger partial charge in [0.05, 0.1) is 24.2 Å². The summed E-state index contributed by atoms with van der Waals surface area (Å²) in [7, 11) is -2.40. The van der Waals surface area contributed by atoms with Crippen molar-refractivity contribution in [1.82, 2.24) is 4.31 Å². The molecule has 0 aromatic rings. The van der Waals surface area contributed by atoms with E-state index in [1.807, 2.05) is 0 Å². The van der Waals surface area contributed by atoms with Crippen LogP contribution in [0.2, 0.25) is 0 Å². The summed E-state index contributed by atoms with van der Waals surface area (Å²) in [4.78, 5) is 23.5. The highest BCUT2D eigenvalue weighted by Crippen LogP contribution is 2.47. The molecule has 2 bridgehead atoms. The lowest BCUT2D eigenvalue weighted by molar-refractivity contribution is -0.151. The first-order valence-electron chi connectivity index (χ1n) is 8.13. The van der Waals surface area contributed by atoms with Crippen LogP contribution in [0.5, 0.6) is 0 Å². The Kier molecular flexibility index (Phi) is 4.16. The summed E-state index contributed by atoms with van der Waals surface area (Å²) in [5.41, 5.74) is -0.964. The monoisotopic (exact) mass is 345 g/mol. The molecule has 0 spiro atoms. The Balaban J connectivity index is 1.85. The van der Waals surface area contributed by atoms with Crippen molar-refractivity contribution in [1.29, 1.82) is 0 Å². The molecule has 2 aliphatic heterocycles. The van der Waals surface area contributed by atoms with Gasteiger partial charge in [-0.25, -0.2) is 8.42 Å². The lowest BCUT2D eigenvalue weighted by Gasteiger charge is -2.30. The molecule has 8 heteroatoms. The Hall–Kier alpha value is -1.15. The van der Waals surface area contributed by atoms with E-state index in [2.05, 4.69) is 0 Å². The topological polar surface area (TPSA) is 101 Å². The normalized spacial score (nSPS) is 33.0. The second-order valence-electron chi connectivity index (χ2n) is 7.04. The molecule has 7 nitrogen and oxygen atoms in total. The third-order valence-electron chi connectivity index (χ3n) is 5.75. The maximum Gasteiger partial charge on any atom is 0.312 e. The first kappa shape index (κ1) is 16.7. The quantitative estimate of drug-likeness (QED) is 0.746. The molecule has 1 N–H and O–H groups in total. The summed E-state index contributed by atoms with van der Waals surface area (Å²) >= 11 is 0. The van der Waals surface area contributed by atoms with Gasteiger partial charge in [-0.1, -0.05) is 12.8 Å². The van der Waals surface area contributed by atoms with Gasteiger partial charge in [-0.15, -0.1) is 0 Å². The Bertz CT molecular complexity index is 609. The van der Waals surface area contributed by atoms with E-state index in [9.17, 15) is 23.1 Å². The molecule has 3 fully saturated rings. The Morgan fingerprint density at radius 2 is 1.91 bits per heavy atom. The predicted octanol–water partition coefficient (Wildman–Crippen LogP) is 0.987. The molecule has 2 saturated heterocycles. The molecule has 2 heterocycles. The molecular formula is C15H23NO6S. The highest BCUT2D eigenvalue weighted by molar-refractivity contribution is 7.89. The van der Waals surface area contributed by atoms with Crippen LogP contribution >= 0.6 is 0 Å². The average molecular weight is 345 g/mol. The minimum atomic E-state index is -3.69. The lowest BCUT2D eigenvalue weighted by Crippen LogP contribution is -2.45. The molecule has 0 aromatic carbocycles. The Morgan fingerprint density at radius 1 is 1.26 bits per heavy atom. The van der Waals surface area contributed by atoms with Crippen molar-refractivity contribution in [3.8, 4) is 0 Å². The molecule has 0 radical (unpaired) electrons. The van der Waals surface area contributed by atoms with Crippen LogP contribution in [-0.4, -0.2) is 54.7 Å². The molecule has 0 aromatic heterocycles. The summed E-state index contributed by atoms with van der Waals surface area (Å²) in [6.45, 7) is 0. The number of hydrogen-bond acceptors (Lipinski definition) is 5. The summed E-state index contributed by atoms with van der Waals surface area (Å²) in [5, 5.41) is 9.28. The highest BCUT2D eigenvalue weighted by Gasteiger charge is 2.56. The standard InChI is InChI=1S/C15H23NO6S/c1-22-14(19)15(6-2-3-7-15)9-23(20,21)16-10-4-5-12(16)11(8-10)13(17)18/h10-12H,2-9H2,1H3,(H,17,18). The second-order valence-corrected chi connectivity index (χ2v) is 8.92. The van der Waals surface area contributed by atoms with E-state index in [1.165, 1.54) is 11.4 Å². The van der Waals surface area contributed by atoms with Crippen molar-refractivity contribution < 1.29 is 27.9 Å². The number of carbonyl (C=O) groups is 2. The van der Waals surface area contributed by atoms with Crippen molar-refractivity contribution in [2.45, 2.75) is 57.0 Å². The fourth-order valence-electron chi connectivity index (χ4n) is 4.74. The fraction of sp³-hybridized carbons (Fsp3) is 0.867. The average Bonchev–Trinajstić information content (AvgIpc) is 3.19. The van der Waals surface area contributed by atoms with Crippen LogP contribution in [-0.2, 0) is 24.3 Å². The third-order valence-corrected chi connectivity index (χ3v) is 7.88. The van der Waals surface area contributed by atoms with E-state index >= 15 is 0 Å². The number of nitrogens with zero attached hydrogens (tertiary/aromatic N) is 1. The maximum absolute atomic E-state index is 13.0. The van der Waals surface area contributed by atoms with E-state index in [0.29, 0.717) is 32.1 Å². The Labute approximate surface area is 136 Å². The van der Waals surface area contributed by atoms with Crippen LogP contribution in [0.25, 0.3) is 0 Å². The number of aliphatic carboxylic acids is 1. The molecule has 3 rings (SSSR count). The summed E-state index contributed by atoms with van der Waals surface area (Å²) in [5.74, 6) is -2.27. The number of esters is 1. The Morgan fingerprint density at radius 3 is 2.43 bits per heavy atom. The van der Waals surface area contributed by atoms with Crippen LogP contribution in [0.1, 0.15) is 44.9 Å². The van der Waals surface area contributed by atoms with Crippen LogP contribution in [0.4, 0.5) is 0 Å². The number of fused-ring (bicyclic) bond motifs is 2. The molecule has 1 saturated carbocycles. The second kappa shape index (κ2) is 5.73. The first-order valence-corrected chi connectivity index (χ1v) is 9.74. The number of carbonyl (C=O) groups excluding carboxylic acids is 1. The molecule has 3 atom stereocenters. The van der Waals surface area contributed by atoms with Gasteiger partial charge in [-0.05, 0) is 32.1 Å². The fourth-order valence-corrected chi connectivity index (χ4v) is 7.30. The summed E-state index contributed by atoms with van der Waals surface area (Å²) < 4.78 is 32.2. The van der Waals surface area contributed by atoms with Gasteiger partial charge in [0.25, 0.3) is 0 Å². The molecule has 3 unspecified atom stereocenters. The largest absolute Gasteiger partial charge is 0.481 e. The molecular weight excluding hydrogens is 322 g/mol. The van der Waals surface area contributed by atoms with Gasteiger partial charge in [-0.3, -0.25) is 9.59 Å². The van der Waals surface area contributed by atoms with Crippen molar-refractivity contribution in [3.05, 3.63) is 0 Å². The molecule has 130 valence electrons. The maximum atomic E-state index is 13.0. The van der Waals surface area contributed by atoms with E-state index in [1.54, 1.807) is 0 Å². The van der Waals surface area contributed by atoms with Gasteiger partial charge < -0.3 is 9.84 Å². The van der Waals surface area contributed by atoms with Gasteiger partial charge >= 0.3 is 11.9 Å². The van der Waals surface area contributed by atoms with E-state index in [4.69, 9.17) is 4.74 Å². The van der Waals surface area contributed by atoms with Crippen molar-refractivity contribution >= 4 is 22.0 Å². The zero-order valence-corrected chi connectivity index (χ0v) is 14.0. The highest BCUT2D eigenvalue weighted by atomic mass is 32.2. The van der Waals surface area contributed by atoms with Gasteiger partial charge in [-0.2, -0.15) is 4.31 Å². The molecule has 1 aliphatic carbocycles. The van der Waals surface area contributed by atoms with Crippen molar-refractivity contribution in [2.24, 2.45) is 11.3 Å². The van der Waals surface area contributed by atoms with Gasteiger partial charge in [0.15, 0.2) is 0 Å². The summed E-state index contributed by atoms with van der Waals surface area (Å²) in [6.07, 6.45) is 4.34. The predicted molar refractivity (Wildman–Crippen MR) is 81.1 cm³/mol. The minimum absolute atomic E-state index is 0.234. The van der Waals surface area contributed by atoms with Gasteiger partial charge in [0.2, 0.25) is 10.0 Å². The lowest BCUT2D eigenvalue weighted by atomic mass is 9.89. The third kappa shape index (κ3) is 2.65. The first-order chi connectivity index (χ1) is 10.8. The van der Waals surface area contributed by atoms with Crippen LogP contribution in [0.15, 0.2) is 0 Å². The van der Waals surface area contributed by atoms with E-state index < -0.39 is 39.3 Å². The van der Waals surface area contributed by atoms with Gasteiger partial charge in [0, 0.05) is 12.1 Å². The van der Waals surface area contributed by atoms with E-state index in [0.717, 1.165) is 12.8 Å². The number of ether oxygens (including phenoxy) is 1. The number of methoxy groups -OCH3 is 1. The minimum Gasteiger partial charge on any atom is -0.481 e. The summed E-state index contributed by atoms with van der Waals surface area (Å²) in [6, 6.07) is -0.694. The zero-order chi connectivity index (χ0) is 16.8. The zero-order valence-electron chi connectivity index (χ0n) is 13.2. The smallest absolute Gasteiger partial charge is 0.312 e. The number of rotatable bonds is 5. The SMILES string of the molecule is COC(=O)C1(CS(=O)(=O)N2C3CCC2C(C(=O)O)C3)CCCC1. The van der Waals surface area contributed by atoms with Gasteiger partial charge in [0.1, 0.15) is 0 Å². The number of carboxylic acid groups (broad SMARTS) is 1. The molecule has 23 heavy (non-hydrogen) atoms. The van der Waals surface area contributed by atoms with Crippen LogP contribution in [0.3, 0.4) is 0 Å². The van der Waals surface area contributed by atoms with Crippen molar-refractivity contribution in [3.63, 3.8) is 0 Å². The molecule has 3 aliphatic rings. The number of sulfonamides is 1. The molecule has 0 amide bonds. The van der Waals surface area contributed by atoms with Crippen LogP contribution < -0.4 is 0 Å². The number of hydrogen-bond donors (Lipinski definition) is 1. The van der Waals surface area contributed by atoms with Crippen LogP contribution in [0, 0.1) is 11.3 Å².